The third-order valence-electron chi connectivity index (χ3n) is 2.12. The average Bonchev–Trinajstić information content (AvgIpc) is 2.59. The Morgan fingerprint density at radius 1 is 1.57 bits per heavy atom. The molecule has 0 aliphatic heterocycles. The molecule has 1 heterocycles. The molecule has 1 aromatic heterocycles. The van der Waals surface area contributed by atoms with Crippen molar-refractivity contribution < 1.29 is 5.21 Å². The zero-order valence-electron chi connectivity index (χ0n) is 7.68. The Bertz CT molecular complexity index is 500. The molecule has 2 aromatic rings. The lowest BCUT2D eigenvalue weighted by molar-refractivity contribution is 0.318. The Morgan fingerprint density at radius 2 is 2.36 bits per heavy atom. The van der Waals surface area contributed by atoms with Gasteiger partial charge in [0.15, 0.2) is 5.84 Å². The molecule has 3 N–H and O–H groups in total. The minimum Gasteiger partial charge on any atom is -0.409 e. The Balaban J connectivity index is 2.82. The van der Waals surface area contributed by atoms with E-state index in [4.69, 9.17) is 10.9 Å². The molecule has 0 fully saturated rings. The molecule has 0 amide bonds. The summed E-state index contributed by atoms with van der Waals surface area (Å²) in [5, 5.41) is 11.6. The first-order valence-corrected chi connectivity index (χ1v) is 4.12. The lowest BCUT2D eigenvalue weighted by Crippen LogP contribution is -2.14. The second-order valence-electron chi connectivity index (χ2n) is 3.01. The lowest BCUT2D eigenvalue weighted by atomic mass is 10.1. The van der Waals surface area contributed by atoms with Gasteiger partial charge in [0, 0.05) is 12.6 Å². The number of para-hydroxylation sites is 1. The second kappa shape index (κ2) is 3.02. The van der Waals surface area contributed by atoms with E-state index in [1.807, 2.05) is 23.7 Å². The van der Waals surface area contributed by atoms with E-state index in [9.17, 15) is 0 Å². The van der Waals surface area contributed by atoms with E-state index in [0.29, 0.717) is 5.56 Å². The van der Waals surface area contributed by atoms with E-state index in [0.717, 1.165) is 11.0 Å². The molecule has 0 aliphatic carbocycles. The first-order valence-electron chi connectivity index (χ1n) is 4.12. The summed E-state index contributed by atoms with van der Waals surface area (Å²) >= 11 is 0. The van der Waals surface area contributed by atoms with Gasteiger partial charge in [-0.15, -0.1) is 0 Å². The predicted octanol–water partition coefficient (Wildman–Crippen LogP) is 0.668. The molecule has 0 bridgehead atoms. The predicted molar refractivity (Wildman–Crippen MR) is 53.2 cm³/mol. The lowest BCUT2D eigenvalue weighted by Gasteiger charge is -2.02. The minimum absolute atomic E-state index is 0.0965. The van der Waals surface area contributed by atoms with Gasteiger partial charge >= 0.3 is 0 Å². The highest BCUT2D eigenvalue weighted by atomic mass is 16.4. The third-order valence-corrected chi connectivity index (χ3v) is 2.12. The number of imidazole rings is 1. The molecule has 0 radical (unpaired) electrons. The van der Waals surface area contributed by atoms with E-state index in [2.05, 4.69) is 10.1 Å². The van der Waals surface area contributed by atoms with Gasteiger partial charge in [0.1, 0.15) is 0 Å². The monoisotopic (exact) mass is 190 g/mol. The smallest absolute Gasteiger partial charge is 0.172 e. The van der Waals surface area contributed by atoms with Crippen molar-refractivity contribution in [2.45, 2.75) is 0 Å². The topological polar surface area (TPSA) is 76.4 Å². The molecule has 5 nitrogen and oxygen atoms in total. The summed E-state index contributed by atoms with van der Waals surface area (Å²) in [6.45, 7) is 0. The standard InChI is InChI=1S/C9H10N4O/c1-13-5-11-7-4-2-3-6(8(7)13)9(10)12-14/h2-5,14H,1H3,(H2,10,12). The summed E-state index contributed by atoms with van der Waals surface area (Å²) in [5.41, 5.74) is 7.93. The molecule has 5 heteroatoms. The van der Waals surface area contributed by atoms with Crippen LogP contribution >= 0.6 is 0 Å². The number of nitrogens with zero attached hydrogens (tertiary/aromatic N) is 3. The van der Waals surface area contributed by atoms with Gasteiger partial charge in [-0.1, -0.05) is 11.2 Å². The highest BCUT2D eigenvalue weighted by Gasteiger charge is 2.08. The number of aryl methyl sites for hydroxylation is 1. The largest absolute Gasteiger partial charge is 0.409 e. The number of hydrogen-bond donors (Lipinski definition) is 2. The van der Waals surface area contributed by atoms with Gasteiger partial charge < -0.3 is 15.5 Å². The molecule has 0 unspecified atom stereocenters. The van der Waals surface area contributed by atoms with Gasteiger partial charge in [0.2, 0.25) is 0 Å². The maximum Gasteiger partial charge on any atom is 0.172 e. The van der Waals surface area contributed by atoms with Crippen molar-refractivity contribution in [2.75, 3.05) is 0 Å². The molecule has 0 spiro atoms. The van der Waals surface area contributed by atoms with Crippen LogP contribution in [0.1, 0.15) is 5.56 Å². The van der Waals surface area contributed by atoms with E-state index in [1.165, 1.54) is 0 Å². The zero-order chi connectivity index (χ0) is 10.1. The van der Waals surface area contributed by atoms with Crippen molar-refractivity contribution in [2.24, 2.45) is 17.9 Å². The van der Waals surface area contributed by atoms with Crippen molar-refractivity contribution in [3.8, 4) is 0 Å². The second-order valence-corrected chi connectivity index (χ2v) is 3.01. The van der Waals surface area contributed by atoms with Crippen LogP contribution in [0.25, 0.3) is 11.0 Å². The maximum atomic E-state index is 8.61. The van der Waals surface area contributed by atoms with E-state index in [-0.39, 0.29) is 5.84 Å². The Morgan fingerprint density at radius 3 is 3.07 bits per heavy atom. The third kappa shape index (κ3) is 1.10. The summed E-state index contributed by atoms with van der Waals surface area (Å²) in [5.74, 6) is 0.0965. The van der Waals surface area contributed by atoms with Crippen molar-refractivity contribution in [1.82, 2.24) is 9.55 Å². The Labute approximate surface area is 80.5 Å². The number of nitrogens with two attached hydrogens (primary N) is 1. The van der Waals surface area contributed by atoms with Crippen molar-refractivity contribution in [3.05, 3.63) is 30.1 Å². The fourth-order valence-electron chi connectivity index (χ4n) is 1.47. The van der Waals surface area contributed by atoms with E-state index < -0.39 is 0 Å². The number of aromatic nitrogens is 2. The fraction of sp³-hybridized carbons (Fsp3) is 0.111. The molecule has 0 atom stereocenters. The average molecular weight is 190 g/mol. The van der Waals surface area contributed by atoms with Crippen LogP contribution in [0.5, 0.6) is 0 Å². The summed E-state index contributed by atoms with van der Waals surface area (Å²) in [7, 11) is 1.86. The number of amidine groups is 1. The molecule has 0 aliphatic rings. The van der Waals surface area contributed by atoms with Gasteiger partial charge in [0.25, 0.3) is 0 Å². The van der Waals surface area contributed by atoms with Crippen LogP contribution < -0.4 is 5.73 Å². The number of fused-ring (bicyclic) bond motifs is 1. The number of oxime groups is 1. The Hall–Kier alpha value is -2.04. The van der Waals surface area contributed by atoms with Gasteiger partial charge in [-0.3, -0.25) is 0 Å². The SMILES string of the molecule is Cn1cnc2cccc(/C(N)=N\O)c21. The fourth-order valence-corrected chi connectivity index (χ4v) is 1.47. The normalized spacial score (nSPS) is 12.2. The van der Waals surface area contributed by atoms with Crippen LogP contribution in [-0.2, 0) is 7.05 Å². The Kier molecular flexibility index (Phi) is 1.85. The summed E-state index contributed by atoms with van der Waals surface area (Å²) in [4.78, 5) is 4.17. The highest BCUT2D eigenvalue weighted by molar-refractivity contribution is 6.06. The number of rotatable bonds is 1. The van der Waals surface area contributed by atoms with Crippen LogP contribution in [0.15, 0.2) is 29.7 Å². The quantitative estimate of drug-likeness (QED) is 0.300. The molecular formula is C9H10N4O. The van der Waals surface area contributed by atoms with E-state index >= 15 is 0 Å². The number of hydrogen-bond acceptors (Lipinski definition) is 3. The molecule has 0 saturated heterocycles. The molecular weight excluding hydrogens is 180 g/mol. The first-order chi connectivity index (χ1) is 6.74. The summed E-state index contributed by atoms with van der Waals surface area (Å²) in [6.07, 6.45) is 1.69. The van der Waals surface area contributed by atoms with E-state index in [1.54, 1.807) is 12.4 Å². The molecule has 14 heavy (non-hydrogen) atoms. The van der Waals surface area contributed by atoms with Crippen LogP contribution in [0.2, 0.25) is 0 Å². The maximum absolute atomic E-state index is 8.61. The highest BCUT2D eigenvalue weighted by Crippen LogP contribution is 2.16. The number of benzene rings is 1. The van der Waals surface area contributed by atoms with Crippen LogP contribution in [0.3, 0.4) is 0 Å². The zero-order valence-corrected chi connectivity index (χ0v) is 7.68. The van der Waals surface area contributed by atoms with Crippen molar-refractivity contribution >= 4 is 16.9 Å². The van der Waals surface area contributed by atoms with Crippen LogP contribution in [-0.4, -0.2) is 20.6 Å². The van der Waals surface area contributed by atoms with Gasteiger partial charge in [-0.05, 0) is 12.1 Å². The first kappa shape index (κ1) is 8.55. The van der Waals surface area contributed by atoms with Crippen molar-refractivity contribution in [1.29, 1.82) is 0 Å². The van der Waals surface area contributed by atoms with Gasteiger partial charge in [0.05, 0.1) is 17.4 Å². The molecule has 72 valence electrons. The van der Waals surface area contributed by atoms with Crippen LogP contribution in [0, 0.1) is 0 Å². The summed E-state index contributed by atoms with van der Waals surface area (Å²) < 4.78 is 1.84. The minimum atomic E-state index is 0.0965. The van der Waals surface area contributed by atoms with Crippen LogP contribution in [0.4, 0.5) is 0 Å². The molecule has 2 rings (SSSR count). The van der Waals surface area contributed by atoms with Crippen molar-refractivity contribution in [3.63, 3.8) is 0 Å². The van der Waals surface area contributed by atoms with Gasteiger partial charge in [-0.2, -0.15) is 0 Å². The molecule has 1 aromatic carbocycles. The molecule has 0 saturated carbocycles. The van der Waals surface area contributed by atoms with Gasteiger partial charge in [-0.25, -0.2) is 4.98 Å². The summed E-state index contributed by atoms with van der Waals surface area (Å²) in [6, 6.07) is 5.49.